The molecule has 1 fully saturated rings. The summed E-state index contributed by atoms with van der Waals surface area (Å²) in [7, 11) is 0. The van der Waals surface area contributed by atoms with Crippen LogP contribution in [0.3, 0.4) is 0 Å². The van der Waals surface area contributed by atoms with Crippen LogP contribution in [0.4, 0.5) is 0 Å². The molecule has 1 aromatic carbocycles. The summed E-state index contributed by atoms with van der Waals surface area (Å²) in [5, 5.41) is 0. The third kappa shape index (κ3) is 1.30. The maximum absolute atomic E-state index is 11.1. The van der Waals surface area contributed by atoms with Crippen LogP contribution in [0.15, 0.2) is 23.0 Å². The maximum atomic E-state index is 11.1. The topological polar surface area (TPSA) is 57.9 Å². The van der Waals surface area contributed by atoms with Gasteiger partial charge in [-0.1, -0.05) is 6.07 Å². The number of fused-ring (bicyclic) bond motifs is 1. The van der Waals surface area contributed by atoms with Crippen LogP contribution in [0.25, 0.3) is 11.0 Å². The highest BCUT2D eigenvalue weighted by atomic mass is 35.5. The Hall–Kier alpha value is -1.26. The van der Waals surface area contributed by atoms with Crippen LogP contribution in [0, 0.1) is 0 Å². The lowest BCUT2D eigenvalue weighted by Crippen LogP contribution is -2.48. The summed E-state index contributed by atoms with van der Waals surface area (Å²) in [4.78, 5) is 16.6. The maximum Gasteiger partial charge on any atom is 0.323 e. The number of rotatable bonds is 2. The zero-order chi connectivity index (χ0) is 11.2. The Bertz CT molecular complexity index is 577. The highest BCUT2D eigenvalue weighted by molar-refractivity contribution is 6.18. The van der Waals surface area contributed by atoms with Gasteiger partial charge in [0.15, 0.2) is 0 Å². The number of imidazole rings is 1. The van der Waals surface area contributed by atoms with Gasteiger partial charge in [-0.25, -0.2) is 4.79 Å². The number of nitrogens with one attached hydrogen (secondary N) is 2. The number of aromatic amines is 2. The Labute approximate surface area is 96.6 Å². The number of alkyl halides is 1. The minimum Gasteiger partial charge on any atom is -0.379 e. The first-order chi connectivity index (χ1) is 7.73. The van der Waals surface area contributed by atoms with E-state index in [2.05, 4.69) is 9.97 Å². The molecule has 2 aromatic rings. The van der Waals surface area contributed by atoms with Crippen molar-refractivity contribution in [1.29, 1.82) is 0 Å². The van der Waals surface area contributed by atoms with E-state index in [4.69, 9.17) is 16.3 Å². The monoisotopic (exact) mass is 238 g/mol. The molecule has 0 unspecified atom stereocenters. The van der Waals surface area contributed by atoms with Gasteiger partial charge in [0.05, 0.1) is 29.7 Å². The van der Waals surface area contributed by atoms with Gasteiger partial charge >= 0.3 is 5.69 Å². The molecule has 5 heteroatoms. The van der Waals surface area contributed by atoms with Gasteiger partial charge in [0.2, 0.25) is 0 Å². The van der Waals surface area contributed by atoms with E-state index < -0.39 is 0 Å². The molecule has 0 saturated carbocycles. The fraction of sp³-hybridized carbons (Fsp3) is 0.364. The van der Waals surface area contributed by atoms with Crippen molar-refractivity contribution in [3.63, 3.8) is 0 Å². The number of aromatic nitrogens is 2. The molecule has 2 N–H and O–H groups in total. The van der Waals surface area contributed by atoms with Crippen molar-refractivity contribution >= 4 is 22.6 Å². The summed E-state index contributed by atoms with van der Waals surface area (Å²) >= 11 is 5.99. The van der Waals surface area contributed by atoms with Gasteiger partial charge in [0, 0.05) is 5.88 Å². The number of H-pyrrole nitrogens is 2. The van der Waals surface area contributed by atoms with Gasteiger partial charge < -0.3 is 14.7 Å². The molecule has 84 valence electrons. The third-order valence-electron chi connectivity index (χ3n) is 3.14. The van der Waals surface area contributed by atoms with Crippen LogP contribution in [-0.2, 0) is 10.2 Å². The number of hydrogen-bond acceptors (Lipinski definition) is 2. The molecule has 1 aromatic heterocycles. The second-order valence-corrected chi connectivity index (χ2v) is 4.51. The molecule has 2 heterocycles. The van der Waals surface area contributed by atoms with Crippen LogP contribution in [0.1, 0.15) is 5.56 Å². The zero-order valence-corrected chi connectivity index (χ0v) is 9.30. The van der Waals surface area contributed by atoms with Crippen LogP contribution in [0.2, 0.25) is 0 Å². The first-order valence-corrected chi connectivity index (χ1v) is 5.63. The fourth-order valence-corrected chi connectivity index (χ4v) is 2.34. The first kappa shape index (κ1) is 9.93. The molecule has 0 aliphatic carbocycles. The van der Waals surface area contributed by atoms with E-state index >= 15 is 0 Å². The van der Waals surface area contributed by atoms with Crippen molar-refractivity contribution in [3.8, 4) is 0 Å². The molecule has 16 heavy (non-hydrogen) atoms. The predicted octanol–water partition coefficient (Wildman–Crippen LogP) is 1.36. The van der Waals surface area contributed by atoms with E-state index in [0.29, 0.717) is 19.1 Å². The Morgan fingerprint density at radius 2 is 2.06 bits per heavy atom. The molecular weight excluding hydrogens is 228 g/mol. The number of ether oxygens (including phenoxy) is 1. The Kier molecular flexibility index (Phi) is 2.09. The van der Waals surface area contributed by atoms with Gasteiger partial charge in [-0.05, 0) is 17.7 Å². The Balaban J connectivity index is 2.14. The molecule has 0 bridgehead atoms. The number of benzene rings is 1. The smallest absolute Gasteiger partial charge is 0.323 e. The zero-order valence-electron chi connectivity index (χ0n) is 8.55. The van der Waals surface area contributed by atoms with Crippen molar-refractivity contribution < 1.29 is 4.74 Å². The summed E-state index contributed by atoms with van der Waals surface area (Å²) in [5.74, 6) is 0.535. The van der Waals surface area contributed by atoms with Crippen molar-refractivity contribution in [2.75, 3.05) is 19.1 Å². The largest absolute Gasteiger partial charge is 0.379 e. The summed E-state index contributed by atoms with van der Waals surface area (Å²) in [6.45, 7) is 1.30. The molecule has 4 nitrogen and oxygen atoms in total. The minimum atomic E-state index is -0.183. The van der Waals surface area contributed by atoms with E-state index in [1.54, 1.807) is 0 Å². The van der Waals surface area contributed by atoms with Crippen molar-refractivity contribution in [2.24, 2.45) is 0 Å². The van der Waals surface area contributed by atoms with Gasteiger partial charge in [0.25, 0.3) is 0 Å². The molecule has 0 amide bonds. The standard InChI is InChI=1S/C11H11ClN2O2/c12-4-11(5-16-6-11)7-1-2-8-9(3-7)14-10(15)13-8/h1-3H,4-6H2,(H2,13,14,15). The molecular formula is C11H11ClN2O2. The molecule has 0 spiro atoms. The van der Waals surface area contributed by atoms with E-state index in [1.165, 1.54) is 0 Å². The molecule has 0 radical (unpaired) electrons. The molecule has 1 saturated heterocycles. The average molecular weight is 239 g/mol. The predicted molar refractivity (Wildman–Crippen MR) is 62.1 cm³/mol. The van der Waals surface area contributed by atoms with Gasteiger partial charge in [0.1, 0.15) is 0 Å². The minimum absolute atomic E-state index is 0.0795. The van der Waals surface area contributed by atoms with Gasteiger partial charge in [-0.3, -0.25) is 0 Å². The SMILES string of the molecule is O=c1[nH]c2ccc(C3(CCl)COC3)cc2[nH]1. The van der Waals surface area contributed by atoms with Crippen molar-refractivity contribution in [3.05, 3.63) is 34.2 Å². The van der Waals surface area contributed by atoms with E-state index in [1.807, 2.05) is 18.2 Å². The van der Waals surface area contributed by atoms with Crippen LogP contribution in [0.5, 0.6) is 0 Å². The third-order valence-corrected chi connectivity index (χ3v) is 3.65. The average Bonchev–Trinajstić information content (AvgIpc) is 2.56. The van der Waals surface area contributed by atoms with Gasteiger partial charge in [-0.15, -0.1) is 11.6 Å². The lowest BCUT2D eigenvalue weighted by Gasteiger charge is -2.40. The molecule has 3 rings (SSSR count). The lowest BCUT2D eigenvalue weighted by atomic mass is 9.80. The van der Waals surface area contributed by atoms with Crippen LogP contribution in [-0.4, -0.2) is 29.1 Å². The normalized spacial score (nSPS) is 18.6. The summed E-state index contributed by atoms with van der Waals surface area (Å²) in [5.41, 5.74) is 2.50. The van der Waals surface area contributed by atoms with E-state index in [9.17, 15) is 4.79 Å². The summed E-state index contributed by atoms with van der Waals surface area (Å²) in [6.07, 6.45) is 0. The number of hydrogen-bond donors (Lipinski definition) is 2. The van der Waals surface area contributed by atoms with Crippen molar-refractivity contribution in [2.45, 2.75) is 5.41 Å². The molecule has 1 aliphatic rings. The Morgan fingerprint density at radius 3 is 2.69 bits per heavy atom. The quantitative estimate of drug-likeness (QED) is 0.777. The molecule has 1 aliphatic heterocycles. The van der Waals surface area contributed by atoms with E-state index in [0.717, 1.165) is 16.6 Å². The Morgan fingerprint density at radius 1 is 1.31 bits per heavy atom. The van der Waals surface area contributed by atoms with Crippen LogP contribution < -0.4 is 5.69 Å². The second kappa shape index (κ2) is 3.37. The molecule has 0 atom stereocenters. The lowest BCUT2D eigenvalue weighted by molar-refractivity contribution is -0.0479. The fourth-order valence-electron chi connectivity index (χ4n) is 2.03. The number of halogens is 1. The summed E-state index contributed by atoms with van der Waals surface area (Å²) in [6, 6.07) is 5.87. The van der Waals surface area contributed by atoms with E-state index in [-0.39, 0.29) is 11.1 Å². The first-order valence-electron chi connectivity index (χ1n) is 5.10. The van der Waals surface area contributed by atoms with Crippen molar-refractivity contribution in [1.82, 2.24) is 9.97 Å². The second-order valence-electron chi connectivity index (χ2n) is 4.25. The van der Waals surface area contributed by atoms with Gasteiger partial charge in [-0.2, -0.15) is 0 Å². The van der Waals surface area contributed by atoms with Crippen LogP contribution >= 0.6 is 11.6 Å². The highest BCUT2D eigenvalue weighted by Crippen LogP contribution is 2.34. The highest BCUT2D eigenvalue weighted by Gasteiger charge is 2.39. The summed E-state index contributed by atoms with van der Waals surface area (Å²) < 4.78 is 5.24.